The topological polar surface area (TPSA) is 94.2 Å². The fraction of sp³-hybridized carbons (Fsp3) is 0.381. The zero-order valence-corrected chi connectivity index (χ0v) is 18.7. The van der Waals surface area contributed by atoms with Crippen molar-refractivity contribution in [3.05, 3.63) is 48.0 Å². The van der Waals surface area contributed by atoms with Crippen LogP contribution < -0.4 is 23.8 Å². The third-order valence-corrected chi connectivity index (χ3v) is 5.82. The Labute approximate surface area is 177 Å². The van der Waals surface area contributed by atoms with Gasteiger partial charge in [-0.3, -0.25) is 9.10 Å². The van der Waals surface area contributed by atoms with Crippen LogP contribution in [0.3, 0.4) is 0 Å². The van der Waals surface area contributed by atoms with E-state index in [2.05, 4.69) is 5.32 Å². The maximum atomic E-state index is 12.7. The van der Waals surface area contributed by atoms with Crippen molar-refractivity contribution in [2.75, 3.05) is 38.4 Å². The molecule has 1 amide bonds. The highest BCUT2D eigenvalue weighted by Crippen LogP contribution is 2.27. The number of nitrogens with zero attached hydrogens (tertiary/aromatic N) is 1. The van der Waals surface area contributed by atoms with Gasteiger partial charge in [0.15, 0.2) is 11.5 Å². The number of hydrogen-bond donors (Lipinski definition) is 1. The summed E-state index contributed by atoms with van der Waals surface area (Å²) >= 11 is 0. The number of methoxy groups -OCH3 is 3. The van der Waals surface area contributed by atoms with E-state index in [-0.39, 0.29) is 0 Å². The maximum Gasteiger partial charge on any atom is 0.243 e. The van der Waals surface area contributed by atoms with E-state index in [4.69, 9.17) is 14.2 Å². The quantitative estimate of drug-likeness (QED) is 0.614. The predicted octanol–water partition coefficient (Wildman–Crippen LogP) is 2.23. The van der Waals surface area contributed by atoms with Crippen molar-refractivity contribution in [1.29, 1.82) is 0 Å². The highest BCUT2D eigenvalue weighted by atomic mass is 32.2. The van der Waals surface area contributed by atoms with Gasteiger partial charge in [0.2, 0.25) is 15.9 Å². The molecule has 0 heterocycles. The van der Waals surface area contributed by atoms with Crippen LogP contribution in [0.15, 0.2) is 42.5 Å². The molecule has 0 aliphatic carbocycles. The first-order valence-electron chi connectivity index (χ1n) is 9.33. The fourth-order valence-corrected chi connectivity index (χ4v) is 4.23. The molecule has 0 spiro atoms. The molecule has 1 atom stereocenters. The fourth-order valence-electron chi connectivity index (χ4n) is 3.05. The Morgan fingerprint density at radius 3 is 2.17 bits per heavy atom. The summed E-state index contributed by atoms with van der Waals surface area (Å²) in [4.78, 5) is 12.7. The summed E-state index contributed by atoms with van der Waals surface area (Å²) in [5.41, 5.74) is 1.34. The molecular formula is C21H28N2O6S. The Bertz CT molecular complexity index is 960. The molecule has 9 heteroatoms. The van der Waals surface area contributed by atoms with Crippen molar-refractivity contribution in [1.82, 2.24) is 5.32 Å². The zero-order valence-electron chi connectivity index (χ0n) is 17.8. The molecule has 164 valence electrons. The standard InChI is InChI=1S/C21H28N2O6S/c1-15(23(30(5,25)26)17-7-9-18(27-2)10-8-17)21(24)22-13-12-16-6-11-19(28-3)20(14-16)29-4/h6-11,14-15H,12-13H2,1-5H3,(H,22,24)/t15-/m0/s1. The lowest BCUT2D eigenvalue weighted by Crippen LogP contribution is -2.48. The largest absolute Gasteiger partial charge is 0.497 e. The van der Waals surface area contributed by atoms with Gasteiger partial charge in [-0.2, -0.15) is 0 Å². The highest BCUT2D eigenvalue weighted by Gasteiger charge is 2.28. The molecule has 0 aliphatic rings. The number of ether oxygens (including phenoxy) is 3. The van der Waals surface area contributed by atoms with Crippen LogP contribution in [-0.2, 0) is 21.2 Å². The zero-order chi connectivity index (χ0) is 22.3. The Morgan fingerprint density at radius 2 is 1.63 bits per heavy atom. The van der Waals surface area contributed by atoms with Crippen LogP contribution in [0.5, 0.6) is 17.2 Å². The van der Waals surface area contributed by atoms with E-state index in [1.54, 1.807) is 51.5 Å². The molecule has 0 unspecified atom stereocenters. The summed E-state index contributed by atoms with van der Waals surface area (Å²) in [5, 5.41) is 2.80. The molecule has 0 radical (unpaired) electrons. The summed E-state index contributed by atoms with van der Waals surface area (Å²) in [7, 11) is 0.976. The van der Waals surface area contributed by atoms with Gasteiger partial charge in [0.1, 0.15) is 11.8 Å². The summed E-state index contributed by atoms with van der Waals surface area (Å²) in [6.07, 6.45) is 1.63. The van der Waals surface area contributed by atoms with E-state index in [1.807, 2.05) is 12.1 Å². The Hall–Kier alpha value is -2.94. The van der Waals surface area contributed by atoms with Gasteiger partial charge in [-0.15, -0.1) is 0 Å². The molecule has 2 aromatic carbocycles. The van der Waals surface area contributed by atoms with Crippen LogP contribution in [0.4, 0.5) is 5.69 Å². The number of hydrogen-bond acceptors (Lipinski definition) is 6. The number of carbonyl (C=O) groups is 1. The lowest BCUT2D eigenvalue weighted by molar-refractivity contribution is -0.121. The monoisotopic (exact) mass is 436 g/mol. The summed E-state index contributed by atoms with van der Waals surface area (Å²) < 4.78 is 41.4. The molecule has 0 aromatic heterocycles. The van der Waals surface area contributed by atoms with E-state index in [0.717, 1.165) is 16.1 Å². The van der Waals surface area contributed by atoms with Crippen LogP contribution in [0, 0.1) is 0 Å². The molecule has 1 N–H and O–H groups in total. The van der Waals surface area contributed by atoms with Gasteiger partial charge in [0.25, 0.3) is 0 Å². The first-order chi connectivity index (χ1) is 14.2. The van der Waals surface area contributed by atoms with Crippen molar-refractivity contribution >= 4 is 21.6 Å². The average Bonchev–Trinajstić information content (AvgIpc) is 2.73. The van der Waals surface area contributed by atoms with Crippen molar-refractivity contribution in [2.24, 2.45) is 0 Å². The van der Waals surface area contributed by atoms with Crippen molar-refractivity contribution in [3.63, 3.8) is 0 Å². The molecule has 8 nitrogen and oxygen atoms in total. The van der Waals surface area contributed by atoms with Crippen molar-refractivity contribution in [2.45, 2.75) is 19.4 Å². The maximum absolute atomic E-state index is 12.7. The van der Waals surface area contributed by atoms with Gasteiger partial charge in [-0.05, 0) is 55.3 Å². The first-order valence-corrected chi connectivity index (χ1v) is 11.2. The second kappa shape index (κ2) is 10.2. The van der Waals surface area contributed by atoms with Crippen molar-refractivity contribution in [3.8, 4) is 17.2 Å². The van der Waals surface area contributed by atoms with E-state index in [1.165, 1.54) is 7.11 Å². The molecule has 0 saturated carbocycles. The minimum absolute atomic E-state index is 0.346. The number of rotatable bonds is 10. The number of nitrogens with one attached hydrogen (secondary N) is 1. The van der Waals surface area contributed by atoms with Crippen molar-refractivity contribution < 1.29 is 27.4 Å². The number of amides is 1. The predicted molar refractivity (Wildman–Crippen MR) is 116 cm³/mol. The Kier molecular flexibility index (Phi) is 7.93. The molecule has 0 bridgehead atoms. The number of benzene rings is 2. The molecular weight excluding hydrogens is 408 g/mol. The van der Waals surface area contributed by atoms with E-state index >= 15 is 0 Å². The summed E-state index contributed by atoms with van der Waals surface area (Å²) in [6, 6.07) is 11.1. The number of sulfonamides is 1. The normalized spacial score (nSPS) is 12.0. The smallest absolute Gasteiger partial charge is 0.243 e. The third-order valence-electron chi connectivity index (χ3n) is 4.58. The molecule has 0 fully saturated rings. The van der Waals surface area contributed by atoms with Gasteiger partial charge in [0.05, 0.1) is 33.3 Å². The second-order valence-electron chi connectivity index (χ2n) is 6.66. The number of carbonyl (C=O) groups excluding carboxylic acids is 1. The van der Waals surface area contributed by atoms with Crippen LogP contribution >= 0.6 is 0 Å². The molecule has 0 aliphatic heterocycles. The first kappa shape index (κ1) is 23.3. The number of anilines is 1. The van der Waals surface area contributed by atoms with Gasteiger partial charge < -0.3 is 19.5 Å². The van der Waals surface area contributed by atoms with E-state index in [0.29, 0.717) is 35.9 Å². The minimum Gasteiger partial charge on any atom is -0.497 e. The summed E-state index contributed by atoms with van der Waals surface area (Å²) in [6.45, 7) is 1.90. The molecule has 30 heavy (non-hydrogen) atoms. The molecule has 2 aromatic rings. The van der Waals surface area contributed by atoms with Gasteiger partial charge >= 0.3 is 0 Å². The minimum atomic E-state index is -3.67. The van der Waals surface area contributed by atoms with Crippen LogP contribution in [0.2, 0.25) is 0 Å². The van der Waals surface area contributed by atoms with Crippen LogP contribution in [0.1, 0.15) is 12.5 Å². The van der Waals surface area contributed by atoms with Crippen LogP contribution in [-0.4, -0.2) is 54.5 Å². The Balaban J connectivity index is 2.06. The average molecular weight is 437 g/mol. The lowest BCUT2D eigenvalue weighted by Gasteiger charge is -2.28. The molecule has 2 rings (SSSR count). The summed E-state index contributed by atoms with van der Waals surface area (Å²) in [5.74, 6) is 1.44. The Morgan fingerprint density at radius 1 is 1.00 bits per heavy atom. The SMILES string of the molecule is COc1ccc(N([C@@H](C)C(=O)NCCc2ccc(OC)c(OC)c2)S(C)(=O)=O)cc1. The van der Waals surface area contributed by atoms with E-state index in [9.17, 15) is 13.2 Å². The molecule has 0 saturated heterocycles. The van der Waals surface area contributed by atoms with Gasteiger partial charge in [0, 0.05) is 6.54 Å². The third kappa shape index (κ3) is 5.79. The van der Waals surface area contributed by atoms with Crippen LogP contribution in [0.25, 0.3) is 0 Å². The van der Waals surface area contributed by atoms with Gasteiger partial charge in [-0.25, -0.2) is 8.42 Å². The van der Waals surface area contributed by atoms with Gasteiger partial charge in [-0.1, -0.05) is 6.07 Å². The highest BCUT2D eigenvalue weighted by molar-refractivity contribution is 7.92. The lowest BCUT2D eigenvalue weighted by atomic mass is 10.1. The second-order valence-corrected chi connectivity index (χ2v) is 8.52. The van der Waals surface area contributed by atoms with E-state index < -0.39 is 22.0 Å².